The van der Waals surface area contributed by atoms with Crippen LogP contribution in [0.25, 0.3) is 0 Å². The van der Waals surface area contributed by atoms with Crippen molar-refractivity contribution in [3.05, 3.63) is 93.7 Å². The molecule has 0 saturated carbocycles. The quantitative estimate of drug-likeness (QED) is 0.365. The summed E-state index contributed by atoms with van der Waals surface area (Å²) >= 11 is 0. The fourth-order valence-electron chi connectivity index (χ4n) is 3.21. The summed E-state index contributed by atoms with van der Waals surface area (Å²) < 4.78 is 25.7. The molecule has 0 saturated heterocycles. The number of hydrogen-bond acceptors (Lipinski definition) is 6. The van der Waals surface area contributed by atoms with E-state index in [9.17, 15) is 24.0 Å². The second kappa shape index (κ2) is 11.5. The Hall–Kier alpha value is -4.29. The average molecular weight is 463 g/mol. The Kier molecular flexibility index (Phi) is 8.26. The Bertz CT molecular complexity index is 1280. The number of halogens is 1. The molecule has 0 aliphatic heterocycles. The van der Waals surface area contributed by atoms with Crippen molar-refractivity contribution in [2.75, 3.05) is 25.6 Å². The first-order valence-electron chi connectivity index (χ1n) is 10.4. The molecule has 0 spiro atoms. The van der Waals surface area contributed by atoms with Crippen LogP contribution in [0.1, 0.15) is 27.9 Å². The van der Waals surface area contributed by atoms with Gasteiger partial charge in [0.05, 0.1) is 5.56 Å². The fourth-order valence-corrected chi connectivity index (χ4v) is 3.21. The number of anilines is 1. The molecule has 3 rings (SSSR count). The van der Waals surface area contributed by atoms with Gasteiger partial charge in [0.1, 0.15) is 23.2 Å². The zero-order valence-electron chi connectivity index (χ0n) is 18.4. The molecule has 34 heavy (non-hydrogen) atoms. The van der Waals surface area contributed by atoms with Crippen LogP contribution in [-0.2, 0) is 16.1 Å². The summed E-state index contributed by atoms with van der Waals surface area (Å²) in [4.78, 5) is 37.8. The predicted molar refractivity (Wildman–Crippen MR) is 122 cm³/mol. The number of nitrogens with one attached hydrogen (secondary N) is 1. The van der Waals surface area contributed by atoms with Crippen molar-refractivity contribution in [2.45, 2.75) is 13.0 Å². The van der Waals surface area contributed by atoms with E-state index in [1.54, 1.807) is 36.4 Å². The number of nitriles is 1. The smallest absolute Gasteiger partial charge is 0.268 e. The van der Waals surface area contributed by atoms with Gasteiger partial charge >= 0.3 is 0 Å². The topological polar surface area (TPSA) is 110 Å². The molecule has 0 radical (unpaired) electrons. The highest BCUT2D eigenvalue weighted by Crippen LogP contribution is 2.23. The molecule has 0 aliphatic rings. The van der Waals surface area contributed by atoms with E-state index in [0.717, 1.165) is 18.2 Å². The van der Waals surface area contributed by atoms with Crippen LogP contribution in [0, 0.1) is 17.1 Å². The maximum absolute atomic E-state index is 14.0. The molecule has 1 heterocycles. The number of amides is 1. The first-order valence-corrected chi connectivity index (χ1v) is 10.4. The zero-order chi connectivity index (χ0) is 24.5. The second-order valence-electron chi connectivity index (χ2n) is 7.27. The van der Waals surface area contributed by atoms with Gasteiger partial charge in [-0.1, -0.05) is 18.2 Å². The van der Waals surface area contributed by atoms with E-state index < -0.39 is 29.7 Å². The monoisotopic (exact) mass is 463 g/mol. The number of para-hydroxylation sites is 1. The summed E-state index contributed by atoms with van der Waals surface area (Å²) in [5, 5.41) is 12.0. The van der Waals surface area contributed by atoms with Crippen molar-refractivity contribution < 1.29 is 23.5 Å². The highest BCUT2D eigenvalue weighted by atomic mass is 19.1. The Morgan fingerprint density at radius 3 is 2.62 bits per heavy atom. The molecule has 1 N–H and O–H groups in total. The number of nitrogens with zero attached hydrogens (tertiary/aromatic N) is 2. The second-order valence-corrected chi connectivity index (χ2v) is 7.27. The van der Waals surface area contributed by atoms with Crippen LogP contribution in [-0.4, -0.2) is 36.6 Å². The number of carbonyl (C=O) groups excluding carboxylic acids is 2. The summed E-state index contributed by atoms with van der Waals surface area (Å²) in [6, 6.07) is 15.0. The van der Waals surface area contributed by atoms with E-state index in [4.69, 9.17) is 9.47 Å². The number of rotatable bonds is 10. The molecule has 0 unspecified atom stereocenters. The molecule has 8 nitrogen and oxygen atoms in total. The van der Waals surface area contributed by atoms with E-state index >= 15 is 0 Å². The first-order chi connectivity index (χ1) is 16.4. The van der Waals surface area contributed by atoms with Gasteiger partial charge in [-0.3, -0.25) is 14.4 Å². The van der Waals surface area contributed by atoms with Crippen LogP contribution >= 0.6 is 0 Å². The summed E-state index contributed by atoms with van der Waals surface area (Å²) in [6.07, 6.45) is 1.81. The van der Waals surface area contributed by atoms with E-state index in [2.05, 4.69) is 5.32 Å². The van der Waals surface area contributed by atoms with Crippen molar-refractivity contribution >= 4 is 17.4 Å². The highest BCUT2D eigenvalue weighted by molar-refractivity contribution is 6.10. The molecule has 174 valence electrons. The SMILES string of the molecule is COCCCn1cc(C(=O)c2cc(F)ccc2OCC(=O)Nc2ccccc2)cc(C#N)c1=O. The highest BCUT2D eigenvalue weighted by Gasteiger charge is 2.19. The minimum atomic E-state index is -0.682. The minimum absolute atomic E-state index is 0.00903. The molecule has 0 aliphatic carbocycles. The number of methoxy groups -OCH3 is 1. The number of aromatic nitrogens is 1. The molecule has 2 aromatic carbocycles. The Balaban J connectivity index is 1.85. The Morgan fingerprint density at radius 1 is 1.15 bits per heavy atom. The van der Waals surface area contributed by atoms with Crippen LogP contribution in [0.2, 0.25) is 0 Å². The minimum Gasteiger partial charge on any atom is -0.483 e. The summed E-state index contributed by atoms with van der Waals surface area (Å²) in [6.45, 7) is 0.203. The van der Waals surface area contributed by atoms with Gasteiger partial charge in [0, 0.05) is 37.7 Å². The van der Waals surface area contributed by atoms with E-state index in [0.29, 0.717) is 18.7 Å². The van der Waals surface area contributed by atoms with E-state index in [1.165, 1.54) is 23.9 Å². The number of ketones is 1. The van der Waals surface area contributed by atoms with Gasteiger partial charge in [0.2, 0.25) is 0 Å². The lowest BCUT2D eigenvalue weighted by Gasteiger charge is -2.13. The standard InChI is InChI=1S/C25H22FN3O5/c1-33-11-5-10-29-15-18(12-17(14-27)25(29)32)24(31)21-13-19(26)8-9-22(21)34-16-23(30)28-20-6-3-2-4-7-20/h2-4,6-9,12-13,15H,5,10-11,16H2,1H3,(H,28,30). The molecule has 0 atom stereocenters. The molecule has 0 bridgehead atoms. The predicted octanol–water partition coefficient (Wildman–Crippen LogP) is 3.14. The third-order valence-electron chi connectivity index (χ3n) is 4.82. The van der Waals surface area contributed by atoms with E-state index in [-0.39, 0.29) is 29.0 Å². The Morgan fingerprint density at radius 2 is 1.91 bits per heavy atom. The lowest BCUT2D eigenvalue weighted by Crippen LogP contribution is -2.25. The van der Waals surface area contributed by atoms with Gasteiger partial charge in [-0.2, -0.15) is 5.26 Å². The lowest BCUT2D eigenvalue weighted by molar-refractivity contribution is -0.118. The number of pyridine rings is 1. The zero-order valence-corrected chi connectivity index (χ0v) is 18.4. The van der Waals surface area contributed by atoms with Crippen LogP contribution in [0.4, 0.5) is 10.1 Å². The normalized spacial score (nSPS) is 10.4. The lowest BCUT2D eigenvalue weighted by atomic mass is 10.0. The number of aryl methyl sites for hydroxylation is 1. The van der Waals surface area contributed by atoms with Crippen molar-refractivity contribution in [3.63, 3.8) is 0 Å². The third-order valence-corrected chi connectivity index (χ3v) is 4.82. The van der Waals surface area contributed by atoms with E-state index in [1.807, 2.05) is 0 Å². The molecule has 1 amide bonds. The van der Waals surface area contributed by atoms with Gasteiger partial charge in [0.15, 0.2) is 12.4 Å². The molecular formula is C25H22FN3O5. The van der Waals surface area contributed by atoms with Crippen LogP contribution in [0.5, 0.6) is 5.75 Å². The average Bonchev–Trinajstić information content (AvgIpc) is 2.84. The maximum Gasteiger partial charge on any atom is 0.268 e. The third kappa shape index (κ3) is 6.15. The molecule has 9 heteroatoms. The van der Waals surface area contributed by atoms with Crippen LogP contribution in [0.15, 0.2) is 65.6 Å². The van der Waals surface area contributed by atoms with Gasteiger partial charge in [-0.25, -0.2) is 4.39 Å². The van der Waals surface area contributed by atoms with Crippen LogP contribution in [0.3, 0.4) is 0 Å². The summed E-state index contributed by atoms with van der Waals surface area (Å²) in [7, 11) is 1.52. The fraction of sp³-hybridized carbons (Fsp3) is 0.200. The van der Waals surface area contributed by atoms with Gasteiger partial charge < -0.3 is 19.4 Å². The largest absolute Gasteiger partial charge is 0.483 e. The molecular weight excluding hydrogens is 441 g/mol. The number of benzene rings is 2. The van der Waals surface area contributed by atoms with Gasteiger partial charge in [-0.05, 0) is 42.8 Å². The Labute approximate surface area is 195 Å². The van der Waals surface area contributed by atoms with Gasteiger partial charge in [-0.15, -0.1) is 0 Å². The van der Waals surface area contributed by atoms with Crippen molar-refractivity contribution in [2.24, 2.45) is 0 Å². The molecule has 0 fully saturated rings. The molecule has 3 aromatic rings. The van der Waals surface area contributed by atoms with Crippen molar-refractivity contribution in [3.8, 4) is 11.8 Å². The summed E-state index contributed by atoms with van der Waals surface area (Å²) in [5.74, 6) is -1.81. The number of ether oxygens (including phenoxy) is 2. The maximum atomic E-state index is 14.0. The number of hydrogen-bond donors (Lipinski definition) is 1. The molecule has 1 aromatic heterocycles. The summed E-state index contributed by atoms with van der Waals surface area (Å²) in [5.41, 5.74) is -0.310. The van der Waals surface area contributed by atoms with Crippen LogP contribution < -0.4 is 15.6 Å². The van der Waals surface area contributed by atoms with Gasteiger partial charge in [0.25, 0.3) is 11.5 Å². The van der Waals surface area contributed by atoms with Crippen molar-refractivity contribution in [1.29, 1.82) is 5.26 Å². The number of carbonyl (C=O) groups is 2. The van der Waals surface area contributed by atoms with Crippen molar-refractivity contribution in [1.82, 2.24) is 4.57 Å². The first kappa shape index (κ1) is 24.4.